The number of ether oxygens (including phenoxy) is 6. The molecule has 3 aromatic carbocycles. The highest BCUT2D eigenvalue weighted by molar-refractivity contribution is 7.79. The fraction of sp³-hybridized carbons (Fsp3) is 0.378. The Kier molecular flexibility index (Phi) is 12.9. The predicted octanol–water partition coefficient (Wildman–Crippen LogP) is 6.85. The molecule has 1 aromatic heterocycles. The van der Waals surface area contributed by atoms with Crippen LogP contribution < -0.4 is 45.2 Å². The van der Waals surface area contributed by atoms with Gasteiger partial charge in [-0.15, -0.1) is 0 Å². The maximum Gasteiger partial charge on any atom is 0.425 e. The van der Waals surface area contributed by atoms with Crippen molar-refractivity contribution in [3.63, 3.8) is 0 Å². The molecule has 284 valence electrons. The molecular weight excluding hydrogens is 714 g/mol. The summed E-state index contributed by atoms with van der Waals surface area (Å²) in [5.41, 5.74) is 8.54. The lowest BCUT2D eigenvalue weighted by Gasteiger charge is -2.39. The highest BCUT2D eigenvalue weighted by Crippen LogP contribution is 2.41. The lowest BCUT2D eigenvalue weighted by molar-refractivity contribution is -0.219. The molecule has 0 amide bonds. The topological polar surface area (TPSA) is 140 Å². The molecule has 4 N–H and O–H groups in total. The van der Waals surface area contributed by atoms with Gasteiger partial charge in [-0.3, -0.25) is 5.01 Å². The van der Waals surface area contributed by atoms with Crippen molar-refractivity contribution < 1.29 is 41.6 Å². The lowest BCUT2D eigenvalue weighted by atomic mass is 9.81. The van der Waals surface area contributed by atoms with E-state index in [1.807, 2.05) is 29.2 Å². The number of para-hydroxylation sites is 1. The molecule has 0 bridgehead atoms. The van der Waals surface area contributed by atoms with Gasteiger partial charge in [0.25, 0.3) is 0 Å². The summed E-state index contributed by atoms with van der Waals surface area (Å²) < 4.78 is 76.1. The van der Waals surface area contributed by atoms with Crippen molar-refractivity contribution in [3.05, 3.63) is 84.2 Å². The third-order valence-electron chi connectivity index (χ3n) is 9.10. The molecule has 1 aliphatic rings. The van der Waals surface area contributed by atoms with Crippen LogP contribution in [-0.2, 0) is 17.8 Å². The quantitative estimate of drug-likeness (QED) is 0.0789. The predicted molar refractivity (Wildman–Crippen MR) is 198 cm³/mol. The molecule has 1 heterocycles. The van der Waals surface area contributed by atoms with E-state index in [0.29, 0.717) is 41.7 Å². The van der Waals surface area contributed by atoms with Crippen molar-refractivity contribution in [3.8, 4) is 28.7 Å². The van der Waals surface area contributed by atoms with E-state index in [1.165, 1.54) is 11.3 Å². The number of rotatable bonds is 14. The van der Waals surface area contributed by atoms with Crippen LogP contribution in [0.2, 0.25) is 0 Å². The Morgan fingerprint density at radius 2 is 1.42 bits per heavy atom. The Balaban J connectivity index is 1.43. The number of nitrogen functional groups attached to an aromatic ring is 1. The molecule has 5 rings (SSSR count). The van der Waals surface area contributed by atoms with Gasteiger partial charge < -0.3 is 39.1 Å². The minimum Gasteiger partial charge on any atom is -0.497 e. The van der Waals surface area contributed by atoms with E-state index in [4.69, 9.17) is 52.2 Å². The van der Waals surface area contributed by atoms with Crippen molar-refractivity contribution in [1.29, 1.82) is 0 Å². The zero-order valence-corrected chi connectivity index (χ0v) is 30.7. The minimum atomic E-state index is -4.72. The Bertz CT molecular complexity index is 1780. The minimum absolute atomic E-state index is 0.0310. The maximum atomic E-state index is 14.4. The SMILES string of the molecule is COc1ccc(CN(Cc2ccc(OC)cc2OC)c2ncnc(N(N)C3CCCC(C(OC(=S)Oc4ccccc4)C(F)(F)F)C3)c2N)c(OC)c1. The van der Waals surface area contributed by atoms with Gasteiger partial charge in [-0.25, -0.2) is 15.8 Å². The number of alkyl halides is 3. The zero-order chi connectivity index (χ0) is 38.1. The number of nitrogens with two attached hydrogens (primary N) is 2. The first-order valence-corrected chi connectivity index (χ1v) is 17.2. The Morgan fingerprint density at radius 3 is 1.96 bits per heavy atom. The van der Waals surface area contributed by atoms with Crippen molar-refractivity contribution in [1.82, 2.24) is 9.97 Å². The summed E-state index contributed by atoms with van der Waals surface area (Å²) in [4.78, 5) is 10.9. The third kappa shape index (κ3) is 9.61. The number of hydrazine groups is 1. The van der Waals surface area contributed by atoms with Gasteiger partial charge in [-0.2, -0.15) is 13.2 Å². The van der Waals surface area contributed by atoms with Crippen molar-refractivity contribution in [2.45, 2.75) is 57.1 Å². The number of benzene rings is 3. The highest BCUT2D eigenvalue weighted by Gasteiger charge is 2.49. The molecule has 4 aromatic rings. The van der Waals surface area contributed by atoms with Gasteiger partial charge in [-0.1, -0.05) is 24.6 Å². The molecule has 53 heavy (non-hydrogen) atoms. The van der Waals surface area contributed by atoms with Crippen molar-refractivity contribution >= 4 is 34.8 Å². The number of methoxy groups -OCH3 is 4. The Labute approximate surface area is 311 Å². The number of nitrogens with zero attached hydrogens (tertiary/aromatic N) is 4. The summed E-state index contributed by atoms with van der Waals surface area (Å²) >= 11 is 5.07. The van der Waals surface area contributed by atoms with Gasteiger partial charge in [0.2, 0.25) is 6.10 Å². The Hall–Kier alpha value is -5.22. The van der Waals surface area contributed by atoms with E-state index in [-0.39, 0.29) is 43.2 Å². The monoisotopic (exact) mass is 756 g/mol. The van der Waals surface area contributed by atoms with E-state index < -0.39 is 29.5 Å². The van der Waals surface area contributed by atoms with E-state index >= 15 is 0 Å². The molecule has 0 spiro atoms. The van der Waals surface area contributed by atoms with Crippen LogP contribution in [0.25, 0.3) is 0 Å². The Morgan fingerprint density at radius 1 is 0.830 bits per heavy atom. The van der Waals surface area contributed by atoms with E-state index in [9.17, 15) is 13.2 Å². The number of aromatic nitrogens is 2. The van der Waals surface area contributed by atoms with Crippen LogP contribution in [0.5, 0.6) is 28.7 Å². The summed E-state index contributed by atoms with van der Waals surface area (Å²) in [5.74, 6) is 8.88. The molecule has 0 saturated heterocycles. The van der Waals surface area contributed by atoms with Crippen molar-refractivity contribution in [2.24, 2.45) is 11.8 Å². The molecule has 3 unspecified atom stereocenters. The van der Waals surface area contributed by atoms with Gasteiger partial charge in [0.05, 0.1) is 28.4 Å². The van der Waals surface area contributed by atoms with Crippen molar-refractivity contribution in [2.75, 3.05) is 44.1 Å². The molecule has 0 aliphatic heterocycles. The second-order valence-corrected chi connectivity index (χ2v) is 12.7. The van der Waals surface area contributed by atoms with Crippen LogP contribution in [0.4, 0.5) is 30.5 Å². The smallest absolute Gasteiger partial charge is 0.425 e. The van der Waals surface area contributed by atoms with Gasteiger partial charge in [0.1, 0.15) is 40.8 Å². The number of anilines is 3. The first-order valence-electron chi connectivity index (χ1n) is 16.8. The molecule has 12 nitrogen and oxygen atoms in total. The molecule has 1 aliphatic carbocycles. The summed E-state index contributed by atoms with van der Waals surface area (Å²) in [6.07, 6.45) is -4.38. The molecule has 3 atom stereocenters. The van der Waals surface area contributed by atoms with E-state index in [1.54, 1.807) is 70.9 Å². The summed E-state index contributed by atoms with van der Waals surface area (Å²) in [6, 6.07) is 18.6. The van der Waals surface area contributed by atoms with Crippen LogP contribution in [0.15, 0.2) is 73.1 Å². The number of halogens is 3. The highest BCUT2D eigenvalue weighted by atomic mass is 32.1. The van der Waals surface area contributed by atoms with E-state index in [0.717, 1.165) is 11.1 Å². The normalized spacial score (nSPS) is 16.2. The summed E-state index contributed by atoms with van der Waals surface area (Å²) in [6.45, 7) is 0.545. The third-order valence-corrected chi connectivity index (χ3v) is 9.28. The average Bonchev–Trinajstić information content (AvgIpc) is 3.16. The fourth-order valence-corrected chi connectivity index (χ4v) is 6.66. The van der Waals surface area contributed by atoms with Crippen LogP contribution >= 0.6 is 12.2 Å². The zero-order valence-electron chi connectivity index (χ0n) is 29.8. The molecule has 0 radical (unpaired) electrons. The summed E-state index contributed by atoms with van der Waals surface area (Å²) in [7, 11) is 6.26. The maximum absolute atomic E-state index is 14.4. The standard InChI is InChI=1S/C37H43F3N6O6S/c1-47-28-15-13-24(30(18-28)49-3)20-45(21-25-14-16-29(48-2)19-31(25)50-4)34-32(41)35(44-22-43-34)46(42)26-10-8-9-23(17-26)33(37(38,39)40)52-36(53)51-27-11-6-5-7-12-27/h5-7,11-16,18-19,22-23,26,33H,8-10,17,20-21,41-42H2,1-4H3. The number of thiocarbonyl (C=S) groups is 1. The van der Waals surface area contributed by atoms with Crippen LogP contribution in [-0.4, -0.2) is 62.0 Å². The van der Waals surface area contributed by atoms with Gasteiger partial charge in [0, 0.05) is 60.5 Å². The van der Waals surface area contributed by atoms with Gasteiger partial charge >= 0.3 is 11.4 Å². The number of hydrogen-bond acceptors (Lipinski definition) is 13. The number of hydrogen-bond donors (Lipinski definition) is 2. The lowest BCUT2D eigenvalue weighted by Crippen LogP contribution is -2.49. The van der Waals surface area contributed by atoms with Gasteiger partial charge in [0.15, 0.2) is 11.6 Å². The second kappa shape index (κ2) is 17.5. The molecule has 1 fully saturated rings. The second-order valence-electron chi connectivity index (χ2n) is 12.4. The summed E-state index contributed by atoms with van der Waals surface area (Å²) in [5, 5.41) is 0.718. The van der Waals surface area contributed by atoms with Gasteiger partial charge in [-0.05, 0) is 55.7 Å². The first kappa shape index (κ1) is 39.0. The molecule has 16 heteroatoms. The van der Waals surface area contributed by atoms with Crippen LogP contribution in [0.1, 0.15) is 36.8 Å². The van der Waals surface area contributed by atoms with Crippen LogP contribution in [0, 0.1) is 5.92 Å². The molecule has 1 saturated carbocycles. The fourth-order valence-electron chi connectivity index (χ4n) is 6.46. The first-order chi connectivity index (χ1) is 25.4. The largest absolute Gasteiger partial charge is 0.497 e. The van der Waals surface area contributed by atoms with E-state index in [2.05, 4.69) is 9.97 Å². The van der Waals surface area contributed by atoms with Crippen LogP contribution in [0.3, 0.4) is 0 Å². The average molecular weight is 757 g/mol. The molecular formula is C37H43F3N6O6S.